The molecule has 2 saturated carbocycles. The van der Waals surface area contributed by atoms with Gasteiger partial charge in [-0.25, -0.2) is 17.2 Å². The second-order valence-electron chi connectivity index (χ2n) is 9.55. The van der Waals surface area contributed by atoms with Gasteiger partial charge in [0.2, 0.25) is 0 Å². The lowest BCUT2D eigenvalue weighted by Gasteiger charge is -2.46. The molecule has 2 bridgehead atoms. The van der Waals surface area contributed by atoms with Crippen LogP contribution in [-0.4, -0.2) is 63.9 Å². The lowest BCUT2D eigenvalue weighted by atomic mass is 9.70. The number of hydrogen-bond acceptors (Lipinski definition) is 7. The molecule has 7 atom stereocenters. The molecule has 3 unspecified atom stereocenters. The number of carbonyl (C=O) groups is 1. The Morgan fingerprint density at radius 3 is 2.42 bits per heavy atom. The maximum absolute atomic E-state index is 13.6. The van der Waals surface area contributed by atoms with E-state index in [9.17, 15) is 42.4 Å². The van der Waals surface area contributed by atoms with E-state index < -0.39 is 68.4 Å². The van der Waals surface area contributed by atoms with Gasteiger partial charge in [0.15, 0.2) is 21.5 Å². The molecule has 5 N–H and O–H groups in total. The zero-order chi connectivity index (χ0) is 26.6. The normalized spacial score (nSPS) is 29.6. The molecule has 2 aromatic carbocycles. The molecule has 2 aliphatic carbocycles. The predicted molar refractivity (Wildman–Crippen MR) is 126 cm³/mol. The number of hydrogen-bond donors (Lipinski definition) is 5. The van der Waals surface area contributed by atoms with Gasteiger partial charge < -0.3 is 25.7 Å². The molecular weight excluding hydrogens is 520 g/mol. The van der Waals surface area contributed by atoms with Gasteiger partial charge in [0.1, 0.15) is 11.7 Å². The number of aliphatic hydroxyl groups is 4. The second-order valence-corrected chi connectivity index (χ2v) is 12.1. The lowest BCUT2D eigenvalue weighted by Crippen LogP contribution is -2.59. The fourth-order valence-corrected chi connectivity index (χ4v) is 7.88. The Bertz CT molecular complexity index is 1290. The van der Waals surface area contributed by atoms with Crippen molar-refractivity contribution in [1.29, 1.82) is 0 Å². The first-order valence-corrected chi connectivity index (χ1v) is 13.3. The summed E-state index contributed by atoms with van der Waals surface area (Å²) in [4.78, 5) is 12.3. The molecule has 0 aromatic heterocycles. The number of nitrogens with one attached hydrogen (secondary N) is 1. The van der Waals surface area contributed by atoms with Gasteiger partial charge in [-0.15, -0.1) is 0 Å². The van der Waals surface area contributed by atoms with Crippen molar-refractivity contribution in [2.24, 2.45) is 11.8 Å². The molecule has 0 heterocycles. The fourth-order valence-electron chi connectivity index (χ4n) is 5.50. The molecule has 0 aliphatic heterocycles. The van der Waals surface area contributed by atoms with E-state index in [0.29, 0.717) is 0 Å². The van der Waals surface area contributed by atoms with Crippen molar-refractivity contribution < 1.29 is 42.4 Å². The predicted octanol–water partition coefficient (Wildman–Crippen LogP) is 2.28. The first-order valence-electron chi connectivity index (χ1n) is 11.3. The average Bonchev–Trinajstić information content (AvgIpc) is 2.94. The van der Waals surface area contributed by atoms with Crippen LogP contribution in [0, 0.1) is 23.5 Å². The number of fused-ring (bicyclic) bond motifs is 2. The summed E-state index contributed by atoms with van der Waals surface area (Å²) in [6.45, 7) is 1.30. The molecule has 8 nitrogen and oxygen atoms in total. The van der Waals surface area contributed by atoms with Crippen LogP contribution in [0.5, 0.6) is 0 Å². The van der Waals surface area contributed by atoms with Crippen molar-refractivity contribution in [3.63, 3.8) is 0 Å². The largest absolute Gasteiger partial charge is 0.393 e. The van der Waals surface area contributed by atoms with Crippen LogP contribution in [0.3, 0.4) is 0 Å². The van der Waals surface area contributed by atoms with E-state index in [1.165, 1.54) is 19.1 Å². The molecule has 2 aliphatic rings. The Balaban J connectivity index is 1.61. The van der Waals surface area contributed by atoms with Gasteiger partial charge in [0.25, 0.3) is 5.91 Å². The molecule has 196 valence electrons. The lowest BCUT2D eigenvalue weighted by molar-refractivity contribution is -0.178. The van der Waals surface area contributed by atoms with Crippen LogP contribution >= 0.6 is 11.6 Å². The van der Waals surface area contributed by atoms with Gasteiger partial charge in [-0.05, 0) is 62.4 Å². The smallest absolute Gasteiger partial charge is 0.255 e. The van der Waals surface area contributed by atoms with Crippen LogP contribution in [0.4, 0.5) is 14.5 Å². The molecule has 36 heavy (non-hydrogen) atoms. The summed E-state index contributed by atoms with van der Waals surface area (Å²) in [6.07, 6.45) is -4.17. The van der Waals surface area contributed by atoms with Crippen LogP contribution in [-0.2, 0) is 9.84 Å². The molecule has 0 spiro atoms. The molecule has 2 fully saturated rings. The number of carbonyl (C=O) groups excluding carboxylic acids is 1. The van der Waals surface area contributed by atoms with Crippen molar-refractivity contribution in [2.75, 3.05) is 5.32 Å². The molecule has 12 heteroatoms. The third-order valence-electron chi connectivity index (χ3n) is 7.35. The van der Waals surface area contributed by atoms with E-state index in [1.54, 1.807) is 0 Å². The summed E-state index contributed by atoms with van der Waals surface area (Å²) in [6, 6.07) is 6.36. The maximum atomic E-state index is 13.6. The summed E-state index contributed by atoms with van der Waals surface area (Å²) in [5, 5.41) is 43.1. The van der Waals surface area contributed by atoms with Gasteiger partial charge in [0.05, 0.1) is 27.4 Å². The van der Waals surface area contributed by atoms with Gasteiger partial charge in [-0.2, -0.15) is 0 Å². The number of halogens is 3. The van der Waals surface area contributed by atoms with Gasteiger partial charge >= 0.3 is 0 Å². The molecule has 0 saturated heterocycles. The Labute approximate surface area is 211 Å². The Hall–Kier alpha value is -2.15. The van der Waals surface area contributed by atoms with Crippen LogP contribution in [0.25, 0.3) is 0 Å². The Morgan fingerprint density at radius 1 is 1.11 bits per heavy atom. The highest BCUT2D eigenvalue weighted by Crippen LogP contribution is 2.54. The Morgan fingerprint density at radius 2 is 1.81 bits per heavy atom. The van der Waals surface area contributed by atoms with Crippen molar-refractivity contribution in [1.82, 2.24) is 0 Å². The van der Waals surface area contributed by atoms with E-state index in [2.05, 4.69) is 5.32 Å². The first-order chi connectivity index (χ1) is 16.8. The summed E-state index contributed by atoms with van der Waals surface area (Å²) in [5.41, 5.74) is -1.98. The van der Waals surface area contributed by atoms with Crippen LogP contribution in [0.2, 0.25) is 5.02 Å². The highest BCUT2D eigenvalue weighted by Gasteiger charge is 2.63. The maximum Gasteiger partial charge on any atom is 0.255 e. The summed E-state index contributed by atoms with van der Waals surface area (Å²) < 4.78 is 53.8. The van der Waals surface area contributed by atoms with E-state index in [1.807, 2.05) is 0 Å². The van der Waals surface area contributed by atoms with Crippen molar-refractivity contribution in [2.45, 2.75) is 60.2 Å². The highest BCUT2D eigenvalue weighted by atomic mass is 35.5. The van der Waals surface area contributed by atoms with E-state index >= 15 is 0 Å². The molecule has 4 rings (SSSR count). The van der Waals surface area contributed by atoms with Crippen LogP contribution in [0.1, 0.15) is 36.5 Å². The molecule has 0 radical (unpaired) electrons. The summed E-state index contributed by atoms with van der Waals surface area (Å²) in [7, 11) is -4.17. The number of amides is 1. The topological polar surface area (TPSA) is 144 Å². The molecule has 1 amide bonds. The zero-order valence-electron chi connectivity index (χ0n) is 19.1. The minimum absolute atomic E-state index is 0.0351. The van der Waals surface area contributed by atoms with Crippen LogP contribution < -0.4 is 5.32 Å². The first kappa shape index (κ1) is 26.9. The van der Waals surface area contributed by atoms with E-state index in [-0.39, 0.29) is 40.4 Å². The number of sulfone groups is 1. The summed E-state index contributed by atoms with van der Waals surface area (Å²) in [5.74, 6) is -4.83. The van der Waals surface area contributed by atoms with Gasteiger partial charge in [0, 0.05) is 23.2 Å². The molecule has 2 aromatic rings. The standard InChI is InChI=1S/C24H26ClF2NO7S/c1-11(29)22(31)24(33)13-7-15(10-16(24)20(30)8-13)36(34,35)21-6-12(2-4-17(21)25)23(32)28-14-3-5-18(26)19(27)9-14/h2-6,9,11,13,15-16,20,22,29-31,33H,7-8,10H2,1H3,(H,28,32)/t11-,13?,15?,16+,20?,22+,24+/m0/s1. The third-order valence-corrected chi connectivity index (χ3v) is 10.0. The number of rotatable bonds is 6. The minimum Gasteiger partial charge on any atom is -0.393 e. The quantitative estimate of drug-likeness (QED) is 0.374. The fraction of sp³-hybridized carbons (Fsp3) is 0.458. The number of anilines is 1. The zero-order valence-corrected chi connectivity index (χ0v) is 20.7. The van der Waals surface area contributed by atoms with Crippen molar-refractivity contribution in [3.05, 3.63) is 58.6 Å². The third kappa shape index (κ3) is 4.52. The summed E-state index contributed by atoms with van der Waals surface area (Å²) >= 11 is 6.19. The highest BCUT2D eigenvalue weighted by molar-refractivity contribution is 7.92. The minimum atomic E-state index is -4.17. The van der Waals surface area contributed by atoms with Crippen molar-refractivity contribution >= 4 is 33.0 Å². The SMILES string of the molecule is C[C@H](O)[C@@H](O)[C@@]1(O)C2CC(O)[C@H]1CC(S(=O)(=O)c1cc(C(=O)Nc3ccc(F)c(F)c3)ccc1Cl)C2. The van der Waals surface area contributed by atoms with Crippen LogP contribution in [0.15, 0.2) is 41.3 Å². The van der Waals surface area contributed by atoms with Gasteiger partial charge in [-0.1, -0.05) is 11.6 Å². The van der Waals surface area contributed by atoms with E-state index in [4.69, 9.17) is 11.6 Å². The van der Waals surface area contributed by atoms with Crippen molar-refractivity contribution in [3.8, 4) is 0 Å². The van der Waals surface area contributed by atoms with E-state index in [0.717, 1.165) is 24.3 Å². The van der Waals surface area contributed by atoms with Gasteiger partial charge in [-0.3, -0.25) is 4.79 Å². The monoisotopic (exact) mass is 545 g/mol. The molecular formula is C24H26ClF2NO7S. The average molecular weight is 546 g/mol. The number of benzene rings is 2. The number of aliphatic hydroxyl groups excluding tert-OH is 3. The second kappa shape index (κ2) is 9.62. The Kier molecular flexibility index (Phi) is 7.19.